The van der Waals surface area contributed by atoms with E-state index in [-0.39, 0.29) is 11.8 Å². The number of benzene rings is 3. The molecule has 0 unspecified atom stereocenters. The van der Waals surface area contributed by atoms with E-state index in [4.69, 9.17) is 33.7 Å². The third kappa shape index (κ3) is 10.7. The Hall–Kier alpha value is -3.75. The number of anilines is 4. The number of ether oxygens (including phenoxy) is 1. The van der Waals surface area contributed by atoms with Crippen LogP contribution < -0.4 is 21.7 Å². The molecule has 3 aromatic rings. The maximum Gasteiger partial charge on any atom is 0.412 e. The lowest BCUT2D eigenvalue weighted by Gasteiger charge is -2.19. The molecule has 3 amide bonds. The van der Waals surface area contributed by atoms with Gasteiger partial charge in [0.1, 0.15) is 5.60 Å². The largest absolute Gasteiger partial charge is 0.444 e. The average molecular weight is 531 g/mol. The lowest BCUT2D eigenvalue weighted by atomic mass is 10.2. The molecule has 0 bridgehead atoms. The van der Waals surface area contributed by atoms with Crippen molar-refractivity contribution in [3.63, 3.8) is 0 Å². The minimum absolute atomic E-state index is 0.142. The molecule has 8 nitrogen and oxygen atoms in total. The van der Waals surface area contributed by atoms with E-state index in [1.165, 1.54) is 6.92 Å². The lowest BCUT2D eigenvalue weighted by molar-refractivity contribution is -0.114. The van der Waals surface area contributed by atoms with Crippen LogP contribution in [0, 0.1) is 0 Å². The number of nitrogens with two attached hydrogens (primary N) is 1. The second kappa shape index (κ2) is 12.8. The number of carbonyl (C=O) groups excluding carboxylic acids is 3. The van der Waals surface area contributed by atoms with Gasteiger partial charge < -0.3 is 21.1 Å². The van der Waals surface area contributed by atoms with Crippen molar-refractivity contribution in [2.45, 2.75) is 33.3 Å². The second-order valence-corrected chi connectivity index (χ2v) is 9.50. The highest BCUT2D eigenvalue weighted by Gasteiger charge is 2.16. The molecule has 0 aromatic heterocycles. The van der Waals surface area contributed by atoms with Crippen LogP contribution in [0.15, 0.2) is 66.7 Å². The Balaban J connectivity index is 0.000000319. The standard InChI is InChI=1S/C18H19ClN2O3.C8H9ClN2O/c1-18(2,3)24-17(23)21-15-9-7-14(8-10-15)20-16(22)12-5-4-6-13(19)11-12;1-5(12)11-8-3-6(9)2-7(10)4-8/h4-11H,1-3H3,(H,20,22)(H,21,23);2-4H,10H2,1H3,(H,11,12). The summed E-state index contributed by atoms with van der Waals surface area (Å²) in [6.07, 6.45) is -0.529. The van der Waals surface area contributed by atoms with E-state index in [0.717, 1.165) is 0 Å². The first-order chi connectivity index (χ1) is 16.8. The Bertz CT molecular complexity index is 1210. The number of hydrogen-bond donors (Lipinski definition) is 4. The van der Waals surface area contributed by atoms with E-state index < -0.39 is 11.7 Å². The van der Waals surface area contributed by atoms with Crippen LogP contribution in [0.4, 0.5) is 27.5 Å². The van der Waals surface area contributed by atoms with Gasteiger partial charge in [-0.15, -0.1) is 0 Å². The normalized spacial score (nSPS) is 10.4. The summed E-state index contributed by atoms with van der Waals surface area (Å²) in [6, 6.07) is 18.3. The molecule has 0 spiro atoms. The molecule has 0 radical (unpaired) electrons. The summed E-state index contributed by atoms with van der Waals surface area (Å²) < 4.78 is 5.17. The van der Waals surface area contributed by atoms with Gasteiger partial charge in [-0.3, -0.25) is 14.9 Å². The van der Waals surface area contributed by atoms with Crippen molar-refractivity contribution in [2.75, 3.05) is 21.7 Å². The van der Waals surface area contributed by atoms with Gasteiger partial charge in [0.05, 0.1) is 0 Å². The van der Waals surface area contributed by atoms with Crippen LogP contribution in [0.3, 0.4) is 0 Å². The third-order valence-corrected chi connectivity index (χ3v) is 4.57. The summed E-state index contributed by atoms with van der Waals surface area (Å²) in [5.74, 6) is -0.401. The van der Waals surface area contributed by atoms with Gasteiger partial charge >= 0.3 is 6.09 Å². The van der Waals surface area contributed by atoms with Gasteiger partial charge in [0.15, 0.2) is 0 Å². The Morgan fingerprint density at radius 3 is 1.92 bits per heavy atom. The zero-order chi connectivity index (χ0) is 26.9. The molecule has 0 aliphatic carbocycles. The minimum Gasteiger partial charge on any atom is -0.444 e. The lowest BCUT2D eigenvalue weighted by Crippen LogP contribution is -2.27. The monoisotopic (exact) mass is 530 g/mol. The SMILES string of the molecule is CC(=O)Nc1cc(N)cc(Cl)c1.CC(C)(C)OC(=O)Nc1ccc(NC(=O)c2cccc(Cl)c2)cc1. The van der Waals surface area contributed by atoms with Crippen LogP contribution in [0.25, 0.3) is 0 Å². The third-order valence-electron chi connectivity index (χ3n) is 4.12. The first kappa shape index (κ1) is 28.5. The molecular weight excluding hydrogens is 503 g/mol. The predicted octanol–water partition coefficient (Wildman–Crippen LogP) is 6.82. The van der Waals surface area contributed by atoms with Gasteiger partial charge in [0, 0.05) is 45.3 Å². The average Bonchev–Trinajstić information content (AvgIpc) is 2.73. The van der Waals surface area contributed by atoms with Gasteiger partial charge in [0.25, 0.3) is 5.91 Å². The van der Waals surface area contributed by atoms with Crippen molar-refractivity contribution in [3.05, 3.63) is 82.3 Å². The number of nitrogens with one attached hydrogen (secondary N) is 3. The van der Waals surface area contributed by atoms with E-state index in [9.17, 15) is 14.4 Å². The first-order valence-corrected chi connectivity index (χ1v) is 11.6. The van der Waals surface area contributed by atoms with Gasteiger partial charge in [-0.25, -0.2) is 4.79 Å². The van der Waals surface area contributed by atoms with Crippen LogP contribution in [0.2, 0.25) is 10.0 Å². The highest BCUT2D eigenvalue weighted by molar-refractivity contribution is 6.31. The zero-order valence-corrected chi connectivity index (χ0v) is 21.8. The van der Waals surface area contributed by atoms with Gasteiger partial charge in [-0.05, 0) is 81.4 Å². The van der Waals surface area contributed by atoms with Crippen LogP contribution in [0.1, 0.15) is 38.1 Å². The molecular formula is C26H28Cl2N4O4. The maximum atomic E-state index is 12.1. The zero-order valence-electron chi connectivity index (χ0n) is 20.3. The molecule has 0 fully saturated rings. The molecule has 0 aliphatic heterocycles. The van der Waals surface area contributed by atoms with E-state index in [1.807, 2.05) is 0 Å². The summed E-state index contributed by atoms with van der Waals surface area (Å²) in [5, 5.41) is 8.98. The minimum atomic E-state index is -0.561. The van der Waals surface area contributed by atoms with Gasteiger partial charge in [-0.2, -0.15) is 0 Å². The summed E-state index contributed by atoms with van der Waals surface area (Å²) >= 11 is 11.6. The van der Waals surface area contributed by atoms with Crippen molar-refractivity contribution in [1.29, 1.82) is 0 Å². The van der Waals surface area contributed by atoms with E-state index >= 15 is 0 Å². The molecule has 0 saturated heterocycles. The fourth-order valence-corrected chi connectivity index (χ4v) is 3.21. The summed E-state index contributed by atoms with van der Waals surface area (Å²) in [4.78, 5) is 34.5. The topological polar surface area (TPSA) is 123 Å². The molecule has 0 atom stereocenters. The van der Waals surface area contributed by atoms with E-state index in [1.54, 1.807) is 87.5 Å². The number of hydrogen-bond acceptors (Lipinski definition) is 5. The van der Waals surface area contributed by atoms with Crippen molar-refractivity contribution < 1.29 is 19.1 Å². The fraction of sp³-hybridized carbons (Fsp3) is 0.192. The number of halogens is 2. The van der Waals surface area contributed by atoms with Crippen molar-refractivity contribution in [1.82, 2.24) is 0 Å². The Kier molecular flexibility index (Phi) is 10.1. The number of nitrogen functional groups attached to an aromatic ring is 1. The Morgan fingerprint density at radius 2 is 1.39 bits per heavy atom. The Labute approximate surface area is 220 Å². The molecule has 0 heterocycles. The Morgan fingerprint density at radius 1 is 0.778 bits per heavy atom. The van der Waals surface area contributed by atoms with Gasteiger partial charge in [-0.1, -0.05) is 29.3 Å². The van der Waals surface area contributed by atoms with E-state index in [0.29, 0.717) is 38.4 Å². The molecule has 3 rings (SSSR count). The van der Waals surface area contributed by atoms with Gasteiger partial charge in [0.2, 0.25) is 5.91 Å². The molecule has 190 valence electrons. The molecule has 0 aliphatic rings. The van der Waals surface area contributed by atoms with Crippen molar-refractivity contribution in [3.8, 4) is 0 Å². The van der Waals surface area contributed by atoms with Crippen LogP contribution in [-0.4, -0.2) is 23.5 Å². The van der Waals surface area contributed by atoms with E-state index in [2.05, 4.69) is 16.0 Å². The van der Waals surface area contributed by atoms with Crippen molar-refractivity contribution in [2.24, 2.45) is 0 Å². The second-order valence-electron chi connectivity index (χ2n) is 8.62. The number of rotatable bonds is 4. The molecule has 5 N–H and O–H groups in total. The van der Waals surface area contributed by atoms with Crippen LogP contribution in [0.5, 0.6) is 0 Å². The first-order valence-electron chi connectivity index (χ1n) is 10.8. The summed E-state index contributed by atoms with van der Waals surface area (Å²) in [5.41, 5.74) is 7.74. The highest BCUT2D eigenvalue weighted by Crippen LogP contribution is 2.20. The number of amides is 3. The maximum absolute atomic E-state index is 12.1. The molecule has 3 aromatic carbocycles. The number of carbonyl (C=O) groups is 3. The predicted molar refractivity (Wildman–Crippen MR) is 146 cm³/mol. The van der Waals surface area contributed by atoms with Crippen molar-refractivity contribution >= 4 is 63.9 Å². The highest BCUT2D eigenvalue weighted by atomic mass is 35.5. The molecule has 10 heteroatoms. The summed E-state index contributed by atoms with van der Waals surface area (Å²) in [7, 11) is 0. The summed E-state index contributed by atoms with van der Waals surface area (Å²) in [6.45, 7) is 6.81. The smallest absolute Gasteiger partial charge is 0.412 e. The molecule has 0 saturated carbocycles. The fourth-order valence-electron chi connectivity index (χ4n) is 2.78. The van der Waals surface area contributed by atoms with Crippen LogP contribution >= 0.6 is 23.2 Å². The molecule has 36 heavy (non-hydrogen) atoms. The quantitative estimate of drug-likeness (QED) is 0.275. The van der Waals surface area contributed by atoms with Crippen LogP contribution in [-0.2, 0) is 9.53 Å².